The van der Waals surface area contributed by atoms with Gasteiger partial charge in [0.25, 0.3) is 0 Å². The van der Waals surface area contributed by atoms with Crippen LogP contribution in [0, 0.1) is 5.92 Å². The van der Waals surface area contributed by atoms with Gasteiger partial charge < -0.3 is 14.9 Å². The predicted octanol–water partition coefficient (Wildman–Crippen LogP) is 1.01. The Balaban J connectivity index is 1.67. The van der Waals surface area contributed by atoms with Crippen LogP contribution < -0.4 is 11.0 Å². The number of ether oxygens (including phenoxy) is 1. The molecule has 2 rings (SSSR count). The van der Waals surface area contributed by atoms with Crippen molar-refractivity contribution < 1.29 is 28.8 Å². The largest absolute Gasteiger partial charge is 0.438 e. The SMILES string of the molecule is CC[C@@H]1CCN[C@H](C(=O)OC(=O)C(=O)ONOCc2ccccc2)C1. The Morgan fingerprint density at radius 3 is 2.68 bits per heavy atom. The summed E-state index contributed by atoms with van der Waals surface area (Å²) in [4.78, 5) is 44.3. The molecule has 2 atom stereocenters. The van der Waals surface area contributed by atoms with Crippen molar-refractivity contribution in [1.82, 2.24) is 11.0 Å². The van der Waals surface area contributed by atoms with Crippen molar-refractivity contribution in [3.63, 3.8) is 0 Å². The topological polar surface area (TPSA) is 103 Å². The van der Waals surface area contributed by atoms with Crippen LogP contribution in [0.25, 0.3) is 0 Å². The van der Waals surface area contributed by atoms with E-state index in [1.807, 2.05) is 42.9 Å². The molecule has 0 aromatic heterocycles. The molecule has 0 radical (unpaired) electrons. The summed E-state index contributed by atoms with van der Waals surface area (Å²) in [7, 11) is 0. The fraction of sp³-hybridized carbons (Fsp3) is 0.471. The maximum atomic E-state index is 11.9. The summed E-state index contributed by atoms with van der Waals surface area (Å²) in [6, 6.07) is 8.56. The summed E-state index contributed by atoms with van der Waals surface area (Å²) in [6.45, 7) is 2.85. The molecule has 1 heterocycles. The van der Waals surface area contributed by atoms with E-state index in [-0.39, 0.29) is 6.61 Å². The third-order valence-corrected chi connectivity index (χ3v) is 4.01. The molecule has 2 N–H and O–H groups in total. The molecular weight excluding hydrogens is 328 g/mol. The van der Waals surface area contributed by atoms with Gasteiger partial charge in [0.2, 0.25) is 0 Å². The first-order valence-corrected chi connectivity index (χ1v) is 8.21. The van der Waals surface area contributed by atoms with Gasteiger partial charge in [-0.05, 0) is 36.5 Å². The number of piperidine rings is 1. The second-order valence-electron chi connectivity index (χ2n) is 5.76. The highest BCUT2D eigenvalue weighted by Crippen LogP contribution is 2.19. The summed E-state index contributed by atoms with van der Waals surface area (Å²) in [6.07, 6.45) is 2.50. The van der Waals surface area contributed by atoms with Crippen LogP contribution in [-0.2, 0) is 35.4 Å². The minimum Gasteiger partial charge on any atom is -0.383 e. The minimum absolute atomic E-state index is 0.131. The van der Waals surface area contributed by atoms with E-state index in [0.717, 1.165) is 18.4 Å². The summed E-state index contributed by atoms with van der Waals surface area (Å²) < 4.78 is 4.55. The second kappa shape index (κ2) is 9.87. The third-order valence-electron chi connectivity index (χ3n) is 4.01. The highest BCUT2D eigenvalue weighted by molar-refractivity contribution is 6.31. The smallest absolute Gasteiger partial charge is 0.383 e. The van der Waals surface area contributed by atoms with Crippen LogP contribution in [0.5, 0.6) is 0 Å². The quantitative estimate of drug-likeness (QED) is 0.258. The lowest BCUT2D eigenvalue weighted by molar-refractivity contribution is -0.203. The van der Waals surface area contributed by atoms with Crippen molar-refractivity contribution in [2.45, 2.75) is 38.8 Å². The van der Waals surface area contributed by atoms with Gasteiger partial charge in [0.15, 0.2) is 0 Å². The molecular formula is C17H22N2O6. The summed E-state index contributed by atoms with van der Waals surface area (Å²) >= 11 is 0. The standard InChI is InChI=1S/C17H22N2O6/c1-2-12-8-9-18-14(10-12)15(20)24-16(21)17(22)25-19-23-11-13-6-4-3-5-7-13/h3-7,12,14,18-19H,2,8-11H2,1H3/t12-,14+/m1/s1. The first-order valence-electron chi connectivity index (χ1n) is 8.21. The number of hydrogen-bond donors (Lipinski definition) is 2. The fourth-order valence-corrected chi connectivity index (χ4v) is 2.55. The number of nitrogens with one attached hydrogen (secondary N) is 2. The van der Waals surface area contributed by atoms with E-state index in [1.54, 1.807) is 0 Å². The number of benzene rings is 1. The van der Waals surface area contributed by atoms with Crippen molar-refractivity contribution >= 4 is 17.9 Å². The normalized spacial score (nSPS) is 19.9. The molecule has 1 aromatic carbocycles. The molecule has 25 heavy (non-hydrogen) atoms. The molecule has 0 spiro atoms. The molecule has 0 aliphatic carbocycles. The molecule has 0 unspecified atom stereocenters. The molecule has 8 heteroatoms. The lowest BCUT2D eigenvalue weighted by Gasteiger charge is -2.27. The van der Waals surface area contributed by atoms with Gasteiger partial charge in [-0.2, -0.15) is 0 Å². The van der Waals surface area contributed by atoms with Gasteiger partial charge in [-0.15, -0.1) is 0 Å². The molecule has 136 valence electrons. The number of esters is 2. The monoisotopic (exact) mass is 350 g/mol. The van der Waals surface area contributed by atoms with E-state index < -0.39 is 23.9 Å². The maximum Gasteiger partial charge on any atom is 0.438 e. The van der Waals surface area contributed by atoms with Crippen LogP contribution in [0.4, 0.5) is 0 Å². The van der Waals surface area contributed by atoms with Crippen molar-refractivity contribution in [3.05, 3.63) is 35.9 Å². The Morgan fingerprint density at radius 2 is 1.96 bits per heavy atom. The Hall–Kier alpha value is -2.29. The summed E-state index contributed by atoms with van der Waals surface area (Å²) in [5.74, 6) is -3.12. The number of carbonyl (C=O) groups is 3. The van der Waals surface area contributed by atoms with Crippen LogP contribution >= 0.6 is 0 Å². The zero-order valence-corrected chi connectivity index (χ0v) is 14.0. The Bertz CT molecular complexity index is 592. The van der Waals surface area contributed by atoms with E-state index >= 15 is 0 Å². The average Bonchev–Trinajstić information content (AvgIpc) is 2.65. The number of rotatable bonds is 6. The first-order chi connectivity index (χ1) is 12.1. The van der Waals surface area contributed by atoms with E-state index in [9.17, 15) is 14.4 Å². The lowest BCUT2D eigenvalue weighted by Crippen LogP contribution is -2.45. The zero-order chi connectivity index (χ0) is 18.1. The van der Waals surface area contributed by atoms with Crippen LogP contribution in [0.3, 0.4) is 0 Å². The van der Waals surface area contributed by atoms with Crippen molar-refractivity contribution in [3.8, 4) is 0 Å². The van der Waals surface area contributed by atoms with Gasteiger partial charge in [-0.1, -0.05) is 43.7 Å². The molecule has 1 aromatic rings. The predicted molar refractivity (Wildman–Crippen MR) is 86.4 cm³/mol. The lowest BCUT2D eigenvalue weighted by atomic mass is 9.90. The Morgan fingerprint density at radius 1 is 1.20 bits per heavy atom. The highest BCUT2D eigenvalue weighted by Gasteiger charge is 2.31. The molecule has 1 aliphatic heterocycles. The van der Waals surface area contributed by atoms with Crippen LogP contribution in [0.15, 0.2) is 30.3 Å². The Kier molecular flexibility index (Phi) is 7.52. The molecule has 1 fully saturated rings. The fourth-order valence-electron chi connectivity index (χ4n) is 2.55. The number of carbonyl (C=O) groups excluding carboxylic acids is 3. The van der Waals surface area contributed by atoms with Gasteiger partial charge >= 0.3 is 17.9 Å². The van der Waals surface area contributed by atoms with Crippen molar-refractivity contribution in [2.24, 2.45) is 5.92 Å². The zero-order valence-electron chi connectivity index (χ0n) is 14.0. The van der Waals surface area contributed by atoms with E-state index in [2.05, 4.69) is 14.9 Å². The first kappa shape index (κ1) is 19.0. The molecule has 1 saturated heterocycles. The summed E-state index contributed by atoms with van der Waals surface area (Å²) in [5, 5.41) is 2.98. The third kappa shape index (κ3) is 6.26. The maximum absolute atomic E-state index is 11.9. The number of hydrogen-bond acceptors (Lipinski definition) is 8. The second-order valence-corrected chi connectivity index (χ2v) is 5.76. The molecule has 0 saturated carbocycles. The van der Waals surface area contributed by atoms with Gasteiger partial charge in [0, 0.05) is 0 Å². The Labute approximate surface area is 145 Å². The van der Waals surface area contributed by atoms with Crippen LogP contribution in [0.1, 0.15) is 31.7 Å². The molecule has 0 bridgehead atoms. The van der Waals surface area contributed by atoms with Gasteiger partial charge in [0.1, 0.15) is 6.04 Å². The minimum atomic E-state index is -1.39. The van der Waals surface area contributed by atoms with Crippen LogP contribution in [0.2, 0.25) is 0 Å². The molecule has 8 nitrogen and oxygen atoms in total. The van der Waals surface area contributed by atoms with Crippen molar-refractivity contribution in [2.75, 3.05) is 6.54 Å². The van der Waals surface area contributed by atoms with Crippen LogP contribution in [-0.4, -0.2) is 30.5 Å². The van der Waals surface area contributed by atoms with Crippen molar-refractivity contribution in [1.29, 1.82) is 0 Å². The van der Waals surface area contributed by atoms with E-state index in [1.165, 1.54) is 0 Å². The van der Waals surface area contributed by atoms with E-state index in [4.69, 9.17) is 4.84 Å². The van der Waals surface area contributed by atoms with E-state index in [0.29, 0.717) is 18.9 Å². The average molecular weight is 350 g/mol. The van der Waals surface area contributed by atoms with Gasteiger partial charge in [-0.25, -0.2) is 14.4 Å². The molecule has 0 amide bonds. The molecule has 1 aliphatic rings. The highest BCUT2D eigenvalue weighted by atomic mass is 16.9. The van der Waals surface area contributed by atoms with Gasteiger partial charge in [-0.3, -0.25) is 4.84 Å². The summed E-state index contributed by atoms with van der Waals surface area (Å²) in [5.41, 5.74) is 2.75. The van der Waals surface area contributed by atoms with Gasteiger partial charge in [0.05, 0.1) is 6.61 Å².